The second-order valence-electron chi connectivity index (χ2n) is 5.47. The SMILES string of the molecule is CCN1CN(CCO)C2N=C3C(=C(c4ccco4)N=CN3N)N21. The maximum atomic E-state index is 9.30. The number of aliphatic imine (C=N–C) groups is 2. The topological polar surface area (TPSA) is 97.1 Å². The summed E-state index contributed by atoms with van der Waals surface area (Å²) in [6.45, 7) is 4.21. The number of rotatable bonds is 4. The quantitative estimate of drug-likeness (QED) is 0.734. The van der Waals surface area contributed by atoms with E-state index in [1.807, 2.05) is 12.1 Å². The molecular weight excluding hydrogens is 298 g/mol. The fourth-order valence-corrected chi connectivity index (χ4v) is 3.12. The maximum Gasteiger partial charge on any atom is 0.196 e. The van der Waals surface area contributed by atoms with Crippen LogP contribution in [0.3, 0.4) is 0 Å². The number of fused-ring (bicyclic) bond motifs is 3. The zero-order valence-corrected chi connectivity index (χ0v) is 12.8. The zero-order valence-electron chi connectivity index (χ0n) is 12.8. The third-order valence-corrected chi connectivity index (χ3v) is 4.16. The molecule has 1 aromatic heterocycles. The highest BCUT2D eigenvalue weighted by molar-refractivity contribution is 6.12. The molecule has 0 spiro atoms. The Hall–Kier alpha value is -2.20. The summed E-state index contributed by atoms with van der Waals surface area (Å²) in [6, 6.07) is 3.70. The molecule has 3 aliphatic heterocycles. The van der Waals surface area contributed by atoms with Gasteiger partial charge in [-0.1, -0.05) is 6.92 Å². The Morgan fingerprint density at radius 1 is 1.48 bits per heavy atom. The van der Waals surface area contributed by atoms with Crippen molar-refractivity contribution < 1.29 is 9.52 Å². The molecule has 9 heteroatoms. The van der Waals surface area contributed by atoms with Gasteiger partial charge >= 0.3 is 0 Å². The lowest BCUT2D eigenvalue weighted by Crippen LogP contribution is -2.44. The number of aliphatic hydroxyl groups excluding tert-OH is 1. The van der Waals surface area contributed by atoms with Gasteiger partial charge in [-0.2, -0.15) is 0 Å². The Labute approximate surface area is 133 Å². The first-order valence-electron chi connectivity index (χ1n) is 7.58. The minimum Gasteiger partial charge on any atom is -0.463 e. The summed E-state index contributed by atoms with van der Waals surface area (Å²) in [5, 5.41) is 15.0. The van der Waals surface area contributed by atoms with Crippen LogP contribution in [0.25, 0.3) is 5.70 Å². The van der Waals surface area contributed by atoms with Crippen molar-refractivity contribution in [1.82, 2.24) is 19.9 Å². The summed E-state index contributed by atoms with van der Waals surface area (Å²) in [6.07, 6.45) is 2.94. The fourth-order valence-electron chi connectivity index (χ4n) is 3.12. The highest BCUT2D eigenvalue weighted by Gasteiger charge is 2.47. The Bertz CT molecular complexity index is 681. The number of hydrogen-bond acceptors (Lipinski definition) is 9. The van der Waals surface area contributed by atoms with E-state index in [1.165, 1.54) is 11.3 Å². The molecule has 1 fully saturated rings. The number of aliphatic hydroxyl groups is 1. The van der Waals surface area contributed by atoms with E-state index in [0.717, 1.165) is 12.2 Å². The first kappa shape index (κ1) is 14.4. The van der Waals surface area contributed by atoms with Gasteiger partial charge in [0, 0.05) is 13.1 Å². The monoisotopic (exact) mass is 317 g/mol. The molecule has 4 heterocycles. The number of nitrogens with zero attached hydrogens (tertiary/aromatic N) is 6. The Balaban J connectivity index is 1.82. The smallest absolute Gasteiger partial charge is 0.196 e. The van der Waals surface area contributed by atoms with Crippen molar-refractivity contribution in [1.29, 1.82) is 0 Å². The van der Waals surface area contributed by atoms with E-state index in [1.54, 1.807) is 6.26 Å². The summed E-state index contributed by atoms with van der Waals surface area (Å²) in [5.41, 5.74) is 1.54. The van der Waals surface area contributed by atoms with Gasteiger partial charge in [0.1, 0.15) is 17.7 Å². The van der Waals surface area contributed by atoms with Gasteiger partial charge in [-0.15, -0.1) is 0 Å². The molecule has 9 nitrogen and oxygen atoms in total. The van der Waals surface area contributed by atoms with Crippen LogP contribution in [-0.2, 0) is 0 Å². The number of amidine groups is 1. The normalized spacial score (nSPS) is 24.5. The Morgan fingerprint density at radius 2 is 2.35 bits per heavy atom. The van der Waals surface area contributed by atoms with E-state index in [-0.39, 0.29) is 12.9 Å². The van der Waals surface area contributed by atoms with Crippen molar-refractivity contribution in [2.75, 3.05) is 26.4 Å². The first-order valence-corrected chi connectivity index (χ1v) is 7.58. The highest BCUT2D eigenvalue weighted by atomic mass is 16.3. The van der Waals surface area contributed by atoms with E-state index in [0.29, 0.717) is 30.5 Å². The molecule has 0 saturated carbocycles. The zero-order chi connectivity index (χ0) is 16.0. The molecule has 0 bridgehead atoms. The van der Waals surface area contributed by atoms with Crippen molar-refractivity contribution in [2.45, 2.75) is 13.2 Å². The van der Waals surface area contributed by atoms with Crippen LogP contribution >= 0.6 is 0 Å². The predicted octanol–water partition coefficient (Wildman–Crippen LogP) is -0.334. The number of hydrazine groups is 2. The Kier molecular flexibility index (Phi) is 3.42. The van der Waals surface area contributed by atoms with Crippen molar-refractivity contribution in [3.63, 3.8) is 0 Å². The molecule has 3 N–H and O–H groups in total. The maximum absolute atomic E-state index is 9.30. The van der Waals surface area contributed by atoms with Crippen LogP contribution < -0.4 is 5.84 Å². The highest BCUT2D eigenvalue weighted by Crippen LogP contribution is 2.37. The molecule has 122 valence electrons. The summed E-state index contributed by atoms with van der Waals surface area (Å²) in [4.78, 5) is 11.3. The van der Waals surface area contributed by atoms with Gasteiger partial charge in [-0.3, -0.25) is 5.01 Å². The number of furan rings is 1. The van der Waals surface area contributed by atoms with Gasteiger partial charge in [0.05, 0.1) is 19.5 Å². The minimum atomic E-state index is -0.218. The average Bonchev–Trinajstić information content (AvgIpc) is 3.25. The number of hydrogen-bond donors (Lipinski definition) is 2. The molecule has 0 radical (unpaired) electrons. The molecule has 4 rings (SSSR count). The lowest BCUT2D eigenvalue weighted by atomic mass is 10.2. The van der Waals surface area contributed by atoms with E-state index < -0.39 is 0 Å². The van der Waals surface area contributed by atoms with Crippen LogP contribution in [0, 0.1) is 0 Å². The van der Waals surface area contributed by atoms with Gasteiger partial charge in [-0.05, 0) is 12.1 Å². The molecule has 3 aliphatic rings. The van der Waals surface area contributed by atoms with Crippen molar-refractivity contribution in [3.8, 4) is 0 Å². The second kappa shape index (κ2) is 5.46. The molecule has 1 unspecified atom stereocenters. The van der Waals surface area contributed by atoms with Crippen LogP contribution in [0.4, 0.5) is 0 Å². The molecule has 1 saturated heterocycles. The third-order valence-electron chi connectivity index (χ3n) is 4.16. The van der Waals surface area contributed by atoms with Gasteiger partial charge in [-0.25, -0.2) is 30.7 Å². The summed E-state index contributed by atoms with van der Waals surface area (Å²) >= 11 is 0. The molecular formula is C14H19N7O2. The molecule has 0 aromatic carbocycles. The largest absolute Gasteiger partial charge is 0.463 e. The van der Waals surface area contributed by atoms with Gasteiger partial charge in [0.15, 0.2) is 17.9 Å². The van der Waals surface area contributed by atoms with E-state index >= 15 is 0 Å². The van der Waals surface area contributed by atoms with Crippen LogP contribution in [-0.4, -0.2) is 69.9 Å². The molecule has 1 atom stereocenters. The molecule has 23 heavy (non-hydrogen) atoms. The lowest BCUT2D eigenvalue weighted by molar-refractivity contribution is 0.0544. The summed E-state index contributed by atoms with van der Waals surface area (Å²) in [5.74, 6) is 7.35. The van der Waals surface area contributed by atoms with Crippen molar-refractivity contribution >= 4 is 17.9 Å². The van der Waals surface area contributed by atoms with Crippen molar-refractivity contribution in [3.05, 3.63) is 29.9 Å². The number of nitrogens with two attached hydrogens (primary N) is 1. The molecule has 0 amide bonds. The average molecular weight is 317 g/mol. The second-order valence-corrected chi connectivity index (χ2v) is 5.47. The minimum absolute atomic E-state index is 0.0830. The standard InChI is InChI=1S/C14H19N7O2/c1-2-19-9-18(5-6-22)14-17-13-12(21(14)19)11(16-8-20(13)15)10-4-3-7-23-10/h3-4,7-8,14,22H,2,5-6,9,15H2,1H3. The number of β-amino-alcohol motifs (C(OH)–C–C–N with tert-alkyl or cyclic N) is 1. The summed E-state index contributed by atoms with van der Waals surface area (Å²) in [7, 11) is 0. The van der Waals surface area contributed by atoms with Crippen molar-refractivity contribution in [2.24, 2.45) is 15.8 Å². The summed E-state index contributed by atoms with van der Waals surface area (Å²) < 4.78 is 5.52. The van der Waals surface area contributed by atoms with Gasteiger partial charge in [0.25, 0.3) is 0 Å². The molecule has 1 aromatic rings. The van der Waals surface area contributed by atoms with Gasteiger partial charge < -0.3 is 9.52 Å². The third kappa shape index (κ3) is 2.09. The van der Waals surface area contributed by atoms with E-state index in [2.05, 4.69) is 26.8 Å². The van der Waals surface area contributed by atoms with E-state index in [9.17, 15) is 5.11 Å². The van der Waals surface area contributed by atoms with Crippen LogP contribution in [0.15, 0.2) is 38.5 Å². The predicted molar refractivity (Wildman–Crippen MR) is 84.2 cm³/mol. The lowest BCUT2D eigenvalue weighted by Gasteiger charge is -2.30. The molecule has 0 aliphatic carbocycles. The van der Waals surface area contributed by atoms with Crippen LogP contribution in [0.5, 0.6) is 0 Å². The van der Waals surface area contributed by atoms with Gasteiger partial charge in [0.2, 0.25) is 0 Å². The first-order chi connectivity index (χ1) is 11.2. The fraction of sp³-hybridized carbons (Fsp3) is 0.429. The van der Waals surface area contributed by atoms with E-state index in [4.69, 9.17) is 15.3 Å². The van der Waals surface area contributed by atoms with Crippen LogP contribution in [0.1, 0.15) is 12.7 Å². The Morgan fingerprint density at radius 3 is 3.04 bits per heavy atom. The van der Waals surface area contributed by atoms with Crippen LogP contribution in [0.2, 0.25) is 0 Å².